The maximum absolute atomic E-state index is 13.0. The number of thioether (sulfide) groups is 1. The van der Waals surface area contributed by atoms with E-state index in [2.05, 4.69) is 0 Å². The maximum atomic E-state index is 13.0. The Kier molecular flexibility index (Phi) is 5.96. The average molecular weight is 300 g/mol. The first kappa shape index (κ1) is 17.5. The van der Waals surface area contributed by atoms with E-state index < -0.39 is 48.2 Å². The summed E-state index contributed by atoms with van der Waals surface area (Å²) in [6.45, 7) is -1.38. The number of halogens is 7. The van der Waals surface area contributed by atoms with E-state index in [0.717, 1.165) is 6.92 Å². The van der Waals surface area contributed by atoms with Crippen molar-refractivity contribution in [3.63, 3.8) is 0 Å². The molecule has 108 valence electrons. The van der Waals surface area contributed by atoms with E-state index in [1.807, 2.05) is 0 Å². The fourth-order valence-electron chi connectivity index (χ4n) is 1.01. The summed E-state index contributed by atoms with van der Waals surface area (Å²) in [6, 6.07) is 0. The molecule has 1 nitrogen and oxygen atoms in total. The lowest BCUT2D eigenvalue weighted by molar-refractivity contribution is -0.240. The molecule has 0 bridgehead atoms. The van der Waals surface area contributed by atoms with Crippen LogP contribution in [0, 0.1) is 0 Å². The molecule has 0 fully saturated rings. The second kappa shape index (κ2) is 6.12. The van der Waals surface area contributed by atoms with Crippen molar-refractivity contribution in [3.8, 4) is 0 Å². The molecule has 0 radical (unpaired) electrons. The van der Waals surface area contributed by atoms with Crippen molar-refractivity contribution in [1.29, 1.82) is 0 Å². The zero-order valence-electron chi connectivity index (χ0n) is 9.29. The van der Waals surface area contributed by atoms with Gasteiger partial charge in [-0.3, -0.25) is 4.79 Å². The standard InChI is InChI=1S/C9H11F7OS/c1-6(17)18-3-2-8(13,14)9(15,16)4-7(11,12)5-10/h2-5H2,1H3. The Morgan fingerprint density at radius 2 is 1.56 bits per heavy atom. The molecule has 18 heavy (non-hydrogen) atoms. The Morgan fingerprint density at radius 3 is 1.94 bits per heavy atom. The molecule has 0 saturated carbocycles. The minimum absolute atomic E-state index is 0.384. The summed E-state index contributed by atoms with van der Waals surface area (Å²) in [4.78, 5) is 10.4. The largest absolute Gasteiger partial charge is 0.316 e. The lowest BCUT2D eigenvalue weighted by Crippen LogP contribution is -2.45. The van der Waals surface area contributed by atoms with Crippen LogP contribution in [-0.4, -0.2) is 35.3 Å². The molecule has 0 N–H and O–H groups in total. The number of hydrogen-bond acceptors (Lipinski definition) is 2. The smallest absolute Gasteiger partial charge is 0.288 e. The summed E-state index contributed by atoms with van der Waals surface area (Å²) in [5.41, 5.74) is 0. The number of carbonyl (C=O) groups is 1. The third kappa shape index (κ3) is 5.45. The summed E-state index contributed by atoms with van der Waals surface area (Å²) < 4.78 is 88.2. The minimum atomic E-state index is -5.03. The van der Waals surface area contributed by atoms with Crippen LogP contribution in [0.1, 0.15) is 19.8 Å². The van der Waals surface area contributed by atoms with E-state index in [1.165, 1.54) is 0 Å². The molecule has 0 aromatic carbocycles. The number of carbonyl (C=O) groups excluding carboxylic acids is 1. The van der Waals surface area contributed by atoms with E-state index >= 15 is 0 Å². The number of rotatable bonds is 7. The predicted molar refractivity (Wildman–Crippen MR) is 53.2 cm³/mol. The van der Waals surface area contributed by atoms with Crippen molar-refractivity contribution >= 4 is 16.9 Å². The summed E-state index contributed by atoms with van der Waals surface area (Å²) in [7, 11) is 0. The highest BCUT2D eigenvalue weighted by Gasteiger charge is 2.59. The Hall–Kier alpha value is -0.470. The van der Waals surface area contributed by atoms with E-state index in [9.17, 15) is 35.5 Å². The van der Waals surface area contributed by atoms with Gasteiger partial charge >= 0.3 is 11.8 Å². The van der Waals surface area contributed by atoms with Gasteiger partial charge < -0.3 is 0 Å². The molecule has 0 spiro atoms. The van der Waals surface area contributed by atoms with Crippen LogP contribution in [0.4, 0.5) is 30.7 Å². The highest BCUT2D eigenvalue weighted by molar-refractivity contribution is 8.13. The molecule has 0 aliphatic rings. The van der Waals surface area contributed by atoms with Crippen LogP contribution in [0.15, 0.2) is 0 Å². The van der Waals surface area contributed by atoms with Crippen LogP contribution >= 0.6 is 11.8 Å². The summed E-state index contributed by atoms with van der Waals surface area (Å²) >= 11 is 0.384. The Balaban J connectivity index is 4.59. The van der Waals surface area contributed by atoms with Crippen molar-refractivity contribution in [3.05, 3.63) is 0 Å². The highest BCUT2D eigenvalue weighted by atomic mass is 32.2. The van der Waals surface area contributed by atoms with Crippen LogP contribution in [0.5, 0.6) is 0 Å². The summed E-state index contributed by atoms with van der Waals surface area (Å²) in [5.74, 6) is -14.9. The van der Waals surface area contributed by atoms with Crippen LogP contribution in [0.3, 0.4) is 0 Å². The zero-order valence-corrected chi connectivity index (χ0v) is 10.1. The molecule has 0 aromatic rings. The lowest BCUT2D eigenvalue weighted by atomic mass is 10.0. The lowest BCUT2D eigenvalue weighted by Gasteiger charge is -2.28. The van der Waals surface area contributed by atoms with Gasteiger partial charge in [-0.25, -0.2) is 13.2 Å². The Labute approximate surface area is 103 Å². The quantitative estimate of drug-likeness (QED) is 0.663. The molecule has 9 heteroatoms. The van der Waals surface area contributed by atoms with Gasteiger partial charge in [0.1, 0.15) is 0 Å². The van der Waals surface area contributed by atoms with Gasteiger partial charge in [0.2, 0.25) is 0 Å². The second-order valence-electron chi connectivity index (χ2n) is 3.67. The molecule has 0 unspecified atom stereocenters. The van der Waals surface area contributed by atoms with Crippen molar-refractivity contribution in [1.82, 2.24) is 0 Å². The van der Waals surface area contributed by atoms with Gasteiger partial charge in [0, 0.05) is 19.1 Å². The number of alkyl halides is 7. The molecule has 0 amide bonds. The fourth-order valence-corrected chi connectivity index (χ4v) is 1.65. The highest BCUT2D eigenvalue weighted by Crippen LogP contribution is 2.44. The fraction of sp³-hybridized carbons (Fsp3) is 0.889. The van der Waals surface area contributed by atoms with Crippen molar-refractivity contribution in [2.45, 2.75) is 37.5 Å². The van der Waals surface area contributed by atoms with Crippen LogP contribution in [-0.2, 0) is 4.79 Å². The van der Waals surface area contributed by atoms with Gasteiger partial charge in [-0.05, 0) is 0 Å². The van der Waals surface area contributed by atoms with Crippen LogP contribution in [0.2, 0.25) is 0 Å². The number of hydrogen-bond donors (Lipinski definition) is 0. The molecule has 0 aromatic heterocycles. The van der Waals surface area contributed by atoms with E-state index in [4.69, 9.17) is 0 Å². The Bertz CT molecular complexity index is 293. The molecule has 0 saturated heterocycles. The first-order valence-corrected chi connectivity index (χ1v) is 5.75. The molecule has 0 heterocycles. The SMILES string of the molecule is CC(=O)SCCC(F)(F)C(F)(F)CC(F)(F)CF. The van der Waals surface area contributed by atoms with Gasteiger partial charge in [-0.2, -0.15) is 17.6 Å². The van der Waals surface area contributed by atoms with Gasteiger partial charge in [-0.1, -0.05) is 11.8 Å². The molecular weight excluding hydrogens is 289 g/mol. The third-order valence-corrected chi connectivity index (χ3v) is 2.75. The first-order chi connectivity index (χ1) is 7.93. The summed E-state index contributed by atoms with van der Waals surface area (Å²) in [5, 5.41) is -0.553. The van der Waals surface area contributed by atoms with Gasteiger partial charge in [0.05, 0.1) is 6.42 Å². The molecular formula is C9H11F7OS. The molecule has 0 atom stereocenters. The minimum Gasteiger partial charge on any atom is -0.288 e. The van der Waals surface area contributed by atoms with Crippen molar-refractivity contribution in [2.75, 3.05) is 12.4 Å². The third-order valence-electron chi connectivity index (χ3n) is 1.93. The molecule has 0 aliphatic heterocycles. The van der Waals surface area contributed by atoms with Crippen molar-refractivity contribution < 1.29 is 35.5 Å². The first-order valence-electron chi connectivity index (χ1n) is 4.76. The predicted octanol–water partition coefficient (Wildman–Crippen LogP) is 3.92. The van der Waals surface area contributed by atoms with Gasteiger partial charge in [0.15, 0.2) is 11.8 Å². The zero-order chi connectivity index (χ0) is 14.6. The van der Waals surface area contributed by atoms with Gasteiger partial charge in [0.25, 0.3) is 5.92 Å². The van der Waals surface area contributed by atoms with Crippen LogP contribution in [0.25, 0.3) is 0 Å². The topological polar surface area (TPSA) is 17.1 Å². The van der Waals surface area contributed by atoms with E-state index in [1.54, 1.807) is 0 Å². The Morgan fingerprint density at radius 1 is 1.06 bits per heavy atom. The molecule has 0 aliphatic carbocycles. The van der Waals surface area contributed by atoms with E-state index in [-0.39, 0.29) is 0 Å². The molecule has 0 rings (SSSR count). The van der Waals surface area contributed by atoms with E-state index in [0.29, 0.717) is 11.8 Å². The second-order valence-corrected chi connectivity index (χ2v) is 4.94. The average Bonchev–Trinajstić information content (AvgIpc) is 2.14. The normalized spacial score (nSPS) is 13.8. The maximum Gasteiger partial charge on any atom is 0.316 e. The summed E-state index contributed by atoms with van der Waals surface area (Å²) in [6.07, 6.45) is -4.00. The van der Waals surface area contributed by atoms with Crippen molar-refractivity contribution in [2.24, 2.45) is 0 Å². The monoisotopic (exact) mass is 300 g/mol. The van der Waals surface area contributed by atoms with Crippen LogP contribution < -0.4 is 0 Å². The van der Waals surface area contributed by atoms with Gasteiger partial charge in [-0.15, -0.1) is 0 Å².